The van der Waals surface area contributed by atoms with Crippen LogP contribution in [0.1, 0.15) is 5.56 Å². The van der Waals surface area contributed by atoms with Gasteiger partial charge in [0.15, 0.2) is 0 Å². The van der Waals surface area contributed by atoms with Crippen LogP contribution in [0.25, 0.3) is 0 Å². The zero-order chi connectivity index (χ0) is 11.3. The Morgan fingerprint density at radius 3 is 2.67 bits per heavy atom. The topological polar surface area (TPSA) is 35.5 Å². The Morgan fingerprint density at radius 1 is 1.40 bits per heavy atom. The van der Waals surface area contributed by atoms with Crippen LogP contribution < -0.4 is 4.74 Å². The van der Waals surface area contributed by atoms with E-state index in [9.17, 15) is 4.79 Å². The summed E-state index contributed by atoms with van der Waals surface area (Å²) in [6, 6.07) is 5.31. The van der Waals surface area contributed by atoms with Crippen molar-refractivity contribution in [3.8, 4) is 17.6 Å². The lowest BCUT2D eigenvalue weighted by molar-refractivity contribution is -0.133. The van der Waals surface area contributed by atoms with Gasteiger partial charge in [-0.1, -0.05) is 5.92 Å². The number of ether oxygens (including phenoxy) is 2. The van der Waals surface area contributed by atoms with Crippen LogP contribution in [0.15, 0.2) is 22.7 Å². The number of esters is 1. The van der Waals surface area contributed by atoms with Crippen LogP contribution in [-0.2, 0) is 9.53 Å². The van der Waals surface area contributed by atoms with Gasteiger partial charge in [-0.3, -0.25) is 0 Å². The summed E-state index contributed by atoms with van der Waals surface area (Å²) in [5, 5.41) is 0. The van der Waals surface area contributed by atoms with E-state index in [1.165, 1.54) is 7.11 Å². The van der Waals surface area contributed by atoms with Gasteiger partial charge in [-0.05, 0) is 34.1 Å². The van der Waals surface area contributed by atoms with Gasteiger partial charge in [0, 0.05) is 11.5 Å². The second kappa shape index (κ2) is 5.42. The van der Waals surface area contributed by atoms with Crippen molar-refractivity contribution < 1.29 is 14.3 Å². The van der Waals surface area contributed by atoms with Crippen LogP contribution in [0, 0.1) is 11.8 Å². The summed E-state index contributed by atoms with van der Waals surface area (Å²) in [6.45, 7) is 0. The fourth-order valence-electron chi connectivity index (χ4n) is 0.918. The number of halogens is 1. The van der Waals surface area contributed by atoms with E-state index in [-0.39, 0.29) is 0 Å². The lowest BCUT2D eigenvalue weighted by atomic mass is 10.2. The molecule has 0 aliphatic carbocycles. The maximum Gasteiger partial charge on any atom is 0.384 e. The summed E-state index contributed by atoms with van der Waals surface area (Å²) >= 11 is 3.32. The third-order valence-electron chi connectivity index (χ3n) is 1.65. The van der Waals surface area contributed by atoms with Gasteiger partial charge in [0.05, 0.1) is 18.7 Å². The summed E-state index contributed by atoms with van der Waals surface area (Å²) in [4.78, 5) is 10.8. The van der Waals surface area contributed by atoms with Crippen LogP contribution in [0.2, 0.25) is 0 Å². The molecule has 0 aliphatic rings. The van der Waals surface area contributed by atoms with Crippen molar-refractivity contribution in [1.29, 1.82) is 0 Å². The van der Waals surface area contributed by atoms with Gasteiger partial charge in [-0.2, -0.15) is 0 Å². The smallest absolute Gasteiger partial charge is 0.384 e. The van der Waals surface area contributed by atoms with Gasteiger partial charge in [0.2, 0.25) is 0 Å². The summed E-state index contributed by atoms with van der Waals surface area (Å²) in [7, 11) is 2.88. The van der Waals surface area contributed by atoms with Gasteiger partial charge in [0.1, 0.15) is 5.75 Å². The molecule has 0 bridgehead atoms. The van der Waals surface area contributed by atoms with E-state index in [4.69, 9.17) is 4.74 Å². The molecule has 0 fully saturated rings. The first kappa shape index (κ1) is 11.6. The van der Waals surface area contributed by atoms with Gasteiger partial charge >= 0.3 is 5.97 Å². The molecule has 1 rings (SSSR count). The average Bonchev–Trinajstić information content (AvgIpc) is 2.26. The van der Waals surface area contributed by atoms with E-state index in [2.05, 4.69) is 32.5 Å². The Balaban J connectivity index is 2.92. The molecule has 0 aromatic heterocycles. The van der Waals surface area contributed by atoms with Crippen molar-refractivity contribution in [2.45, 2.75) is 0 Å². The molecule has 0 aliphatic heterocycles. The zero-order valence-corrected chi connectivity index (χ0v) is 9.92. The number of hydrogen-bond donors (Lipinski definition) is 0. The predicted octanol–water partition coefficient (Wildman–Crippen LogP) is 1.98. The molecule has 0 heterocycles. The highest BCUT2D eigenvalue weighted by atomic mass is 79.9. The highest BCUT2D eigenvalue weighted by molar-refractivity contribution is 9.10. The molecule has 1 aromatic carbocycles. The fraction of sp³-hybridized carbons (Fsp3) is 0.182. The van der Waals surface area contributed by atoms with Crippen molar-refractivity contribution in [3.05, 3.63) is 28.2 Å². The van der Waals surface area contributed by atoms with Crippen LogP contribution in [0.5, 0.6) is 5.75 Å². The van der Waals surface area contributed by atoms with Crippen molar-refractivity contribution in [3.63, 3.8) is 0 Å². The molecular formula is C11H9BrO3. The largest absolute Gasteiger partial charge is 0.496 e. The van der Waals surface area contributed by atoms with Crippen LogP contribution in [-0.4, -0.2) is 20.2 Å². The molecule has 78 valence electrons. The van der Waals surface area contributed by atoms with Crippen LogP contribution >= 0.6 is 15.9 Å². The molecule has 0 unspecified atom stereocenters. The Kier molecular flexibility index (Phi) is 4.19. The zero-order valence-electron chi connectivity index (χ0n) is 8.33. The predicted molar refractivity (Wildman–Crippen MR) is 59.6 cm³/mol. The SMILES string of the molecule is COC(=O)C#Cc1ccc(OC)c(Br)c1. The maximum atomic E-state index is 10.8. The number of benzene rings is 1. The van der Waals surface area contributed by atoms with Crippen molar-refractivity contribution in [2.75, 3.05) is 14.2 Å². The van der Waals surface area contributed by atoms with Crippen molar-refractivity contribution in [1.82, 2.24) is 0 Å². The van der Waals surface area contributed by atoms with Crippen molar-refractivity contribution >= 4 is 21.9 Å². The average molecular weight is 269 g/mol. The minimum absolute atomic E-state index is 0.554. The lowest BCUT2D eigenvalue weighted by Crippen LogP contribution is -1.94. The quantitative estimate of drug-likeness (QED) is 0.577. The van der Waals surface area contributed by atoms with Crippen molar-refractivity contribution in [2.24, 2.45) is 0 Å². The van der Waals surface area contributed by atoms with Gasteiger partial charge < -0.3 is 9.47 Å². The second-order valence-electron chi connectivity index (χ2n) is 2.59. The summed E-state index contributed by atoms with van der Waals surface area (Å²) < 4.78 is 10.3. The highest BCUT2D eigenvalue weighted by Gasteiger charge is 1.99. The maximum absolute atomic E-state index is 10.8. The number of methoxy groups -OCH3 is 2. The summed E-state index contributed by atoms with van der Waals surface area (Å²) in [5.41, 5.74) is 0.716. The Bertz CT molecular complexity index is 429. The molecule has 0 spiro atoms. The molecule has 0 radical (unpaired) electrons. The van der Waals surface area contributed by atoms with Crippen LogP contribution in [0.3, 0.4) is 0 Å². The Labute approximate surface area is 96.5 Å². The highest BCUT2D eigenvalue weighted by Crippen LogP contribution is 2.24. The van der Waals surface area contributed by atoms with Crippen LogP contribution in [0.4, 0.5) is 0 Å². The normalized spacial score (nSPS) is 8.73. The first-order valence-corrected chi connectivity index (χ1v) is 4.90. The molecule has 15 heavy (non-hydrogen) atoms. The van der Waals surface area contributed by atoms with E-state index in [0.29, 0.717) is 5.56 Å². The van der Waals surface area contributed by atoms with E-state index in [1.54, 1.807) is 25.3 Å². The minimum Gasteiger partial charge on any atom is -0.496 e. The molecule has 0 amide bonds. The third-order valence-corrected chi connectivity index (χ3v) is 2.27. The Hall–Kier alpha value is -1.47. The fourth-order valence-corrected chi connectivity index (χ4v) is 1.46. The molecule has 3 nitrogen and oxygen atoms in total. The van der Waals surface area contributed by atoms with Gasteiger partial charge in [-0.25, -0.2) is 4.79 Å². The third kappa shape index (κ3) is 3.30. The lowest BCUT2D eigenvalue weighted by Gasteiger charge is -2.01. The summed E-state index contributed by atoms with van der Waals surface area (Å²) in [5.74, 6) is 5.19. The Morgan fingerprint density at radius 2 is 2.13 bits per heavy atom. The first-order valence-electron chi connectivity index (χ1n) is 4.11. The van der Waals surface area contributed by atoms with E-state index >= 15 is 0 Å². The first-order chi connectivity index (χ1) is 7.17. The molecular weight excluding hydrogens is 260 g/mol. The van der Waals surface area contributed by atoms with E-state index in [1.807, 2.05) is 0 Å². The van der Waals surface area contributed by atoms with Gasteiger partial charge in [-0.15, -0.1) is 0 Å². The van der Waals surface area contributed by atoms with E-state index < -0.39 is 5.97 Å². The number of rotatable bonds is 1. The molecule has 0 N–H and O–H groups in total. The standard InChI is InChI=1S/C11H9BrO3/c1-14-10-5-3-8(7-9(10)12)4-6-11(13)15-2/h3,5,7H,1-2H3. The number of carbonyl (C=O) groups is 1. The molecule has 0 saturated heterocycles. The molecule has 4 heteroatoms. The number of hydrogen-bond acceptors (Lipinski definition) is 3. The monoisotopic (exact) mass is 268 g/mol. The molecule has 0 atom stereocenters. The molecule has 0 saturated carbocycles. The minimum atomic E-state index is -0.554. The second-order valence-corrected chi connectivity index (χ2v) is 3.45. The summed E-state index contributed by atoms with van der Waals surface area (Å²) in [6.07, 6.45) is 0. The molecule has 1 aromatic rings. The number of carbonyl (C=O) groups excluding carboxylic acids is 1. The van der Waals surface area contributed by atoms with E-state index in [0.717, 1.165) is 10.2 Å². The van der Waals surface area contributed by atoms with Gasteiger partial charge in [0.25, 0.3) is 0 Å².